The quantitative estimate of drug-likeness (QED) is 0.404. The van der Waals surface area contributed by atoms with Gasteiger partial charge in [0.25, 0.3) is 0 Å². The van der Waals surface area contributed by atoms with Gasteiger partial charge in [-0.1, -0.05) is 18.9 Å². The number of carboxylic acids is 1. The lowest BCUT2D eigenvalue weighted by Gasteiger charge is -2.14. The van der Waals surface area contributed by atoms with E-state index in [2.05, 4.69) is 22.1 Å². The van der Waals surface area contributed by atoms with Crippen LogP contribution in [-0.4, -0.2) is 34.9 Å². The first-order chi connectivity index (χ1) is 17.0. The van der Waals surface area contributed by atoms with Crippen LogP contribution in [0.15, 0.2) is 42.6 Å². The molecule has 2 saturated carbocycles. The van der Waals surface area contributed by atoms with Crippen LogP contribution in [0.4, 0.5) is 10.5 Å². The fourth-order valence-electron chi connectivity index (χ4n) is 5.56. The maximum atomic E-state index is 12.5. The zero-order valence-electron chi connectivity index (χ0n) is 20.1. The zero-order valence-corrected chi connectivity index (χ0v) is 20.1. The lowest BCUT2D eigenvalue weighted by Crippen LogP contribution is -2.20. The average Bonchev–Trinajstić information content (AvgIpc) is 3.61. The Bertz CT molecular complexity index is 1240. The molecule has 5 rings (SSSR count). The molecule has 184 valence electrons. The van der Waals surface area contributed by atoms with Gasteiger partial charge in [0.15, 0.2) is 0 Å². The van der Waals surface area contributed by atoms with Gasteiger partial charge in [-0.15, -0.1) is 0 Å². The monoisotopic (exact) mass is 476 g/mol. The molecule has 7 nitrogen and oxygen atoms in total. The number of aromatic nitrogens is 1. The van der Waals surface area contributed by atoms with Crippen molar-refractivity contribution in [2.24, 2.45) is 0 Å². The number of carbonyl (C=O) groups is 2. The van der Waals surface area contributed by atoms with Gasteiger partial charge in [0.2, 0.25) is 0 Å². The number of anilines is 1. The van der Waals surface area contributed by atoms with E-state index in [0.717, 1.165) is 60.6 Å². The van der Waals surface area contributed by atoms with E-state index in [-0.39, 0.29) is 11.7 Å². The molecule has 35 heavy (non-hydrogen) atoms. The lowest BCUT2D eigenvalue weighted by atomic mass is 10.0. The fraction of sp³-hybridized carbons (Fsp3) is 0.429. The summed E-state index contributed by atoms with van der Waals surface area (Å²) in [7, 11) is 1.56. The fourth-order valence-corrected chi connectivity index (χ4v) is 5.56. The highest BCUT2D eigenvalue weighted by molar-refractivity contribution is 5.92. The minimum Gasteiger partial charge on any atom is -0.496 e. The van der Waals surface area contributed by atoms with Gasteiger partial charge in [0.1, 0.15) is 11.9 Å². The summed E-state index contributed by atoms with van der Waals surface area (Å²) in [5.74, 6) is -0.422. The molecule has 2 aliphatic rings. The smallest absolute Gasteiger partial charge is 0.411 e. The van der Waals surface area contributed by atoms with Gasteiger partial charge < -0.3 is 19.1 Å². The Morgan fingerprint density at radius 3 is 2.46 bits per heavy atom. The van der Waals surface area contributed by atoms with Crippen LogP contribution in [0.25, 0.3) is 10.9 Å². The summed E-state index contributed by atoms with van der Waals surface area (Å²) in [5.41, 5.74) is 4.08. The van der Waals surface area contributed by atoms with Crippen molar-refractivity contribution >= 4 is 28.7 Å². The number of benzene rings is 2. The van der Waals surface area contributed by atoms with Gasteiger partial charge in [-0.25, -0.2) is 9.59 Å². The number of carboxylic acid groups (broad SMARTS) is 1. The Morgan fingerprint density at radius 2 is 1.74 bits per heavy atom. The number of hydrogen-bond donors (Lipinski definition) is 2. The van der Waals surface area contributed by atoms with Gasteiger partial charge in [0.05, 0.1) is 12.7 Å². The number of carbonyl (C=O) groups excluding carboxylic acids is 1. The number of ether oxygens (including phenoxy) is 2. The normalized spacial score (nSPS) is 16.6. The number of amides is 1. The molecule has 0 saturated heterocycles. The minimum absolute atomic E-state index is 0.0129. The van der Waals surface area contributed by atoms with E-state index >= 15 is 0 Å². The van der Waals surface area contributed by atoms with E-state index in [9.17, 15) is 14.7 Å². The van der Waals surface area contributed by atoms with Gasteiger partial charge >= 0.3 is 12.1 Å². The SMILES string of the molecule is COc1cc(C(=O)O)ccc1Cc1cn(C2CCCC2)c2ccc(NC(=O)OC3CCCC3)cc12. The molecule has 0 unspecified atom stereocenters. The maximum Gasteiger partial charge on any atom is 0.411 e. The van der Waals surface area contributed by atoms with Crippen molar-refractivity contribution in [3.05, 3.63) is 59.3 Å². The molecule has 0 atom stereocenters. The molecule has 1 aromatic heterocycles. The highest BCUT2D eigenvalue weighted by Gasteiger charge is 2.22. The molecule has 0 radical (unpaired) electrons. The van der Waals surface area contributed by atoms with Gasteiger partial charge in [-0.2, -0.15) is 0 Å². The molecule has 1 heterocycles. The number of hydrogen-bond acceptors (Lipinski definition) is 4. The molecule has 3 aromatic rings. The first-order valence-corrected chi connectivity index (χ1v) is 12.5. The van der Waals surface area contributed by atoms with Crippen LogP contribution in [-0.2, 0) is 11.2 Å². The number of aromatic carboxylic acids is 1. The third-order valence-corrected chi connectivity index (χ3v) is 7.37. The highest BCUT2D eigenvalue weighted by atomic mass is 16.6. The van der Waals surface area contributed by atoms with E-state index in [1.165, 1.54) is 12.8 Å². The number of nitrogens with zero attached hydrogens (tertiary/aromatic N) is 1. The van der Waals surface area contributed by atoms with Crippen molar-refractivity contribution in [3.8, 4) is 5.75 Å². The van der Waals surface area contributed by atoms with Crippen molar-refractivity contribution in [2.45, 2.75) is 69.9 Å². The van der Waals surface area contributed by atoms with Crippen LogP contribution in [0.1, 0.15) is 78.9 Å². The summed E-state index contributed by atoms with van der Waals surface area (Å²) < 4.78 is 13.5. The van der Waals surface area contributed by atoms with Gasteiger partial charge in [-0.3, -0.25) is 5.32 Å². The van der Waals surface area contributed by atoms with Crippen molar-refractivity contribution in [3.63, 3.8) is 0 Å². The number of rotatable bonds is 7. The average molecular weight is 477 g/mol. The Morgan fingerprint density at radius 1 is 1.00 bits per heavy atom. The predicted octanol–water partition coefficient (Wildman–Crippen LogP) is 6.55. The molecule has 2 aromatic carbocycles. The molecule has 2 N–H and O–H groups in total. The van der Waals surface area contributed by atoms with Crippen molar-refractivity contribution in [1.82, 2.24) is 4.57 Å². The zero-order chi connectivity index (χ0) is 24.4. The summed E-state index contributed by atoms with van der Waals surface area (Å²) in [4.78, 5) is 23.9. The van der Waals surface area contributed by atoms with E-state index in [1.54, 1.807) is 19.2 Å². The third kappa shape index (κ3) is 4.99. The Hall–Kier alpha value is -3.48. The van der Waals surface area contributed by atoms with E-state index in [0.29, 0.717) is 23.9 Å². The Kier molecular flexibility index (Phi) is 6.66. The summed E-state index contributed by atoms with van der Waals surface area (Å²) >= 11 is 0. The molecule has 0 spiro atoms. The standard InChI is InChI=1S/C28H32N2O5/c1-34-26-15-19(27(31)32)11-10-18(26)14-20-17-30(22-6-2-3-7-22)25-13-12-21(16-24(20)25)29-28(33)35-23-8-4-5-9-23/h10-13,15-17,22-23H,2-9,14H2,1H3,(H,29,33)(H,31,32). The summed E-state index contributed by atoms with van der Waals surface area (Å²) in [6, 6.07) is 11.5. The van der Waals surface area contributed by atoms with Crippen LogP contribution < -0.4 is 10.1 Å². The molecular weight excluding hydrogens is 444 g/mol. The van der Waals surface area contributed by atoms with Crippen molar-refractivity contribution in [2.75, 3.05) is 12.4 Å². The van der Waals surface area contributed by atoms with Crippen LogP contribution in [0.5, 0.6) is 5.75 Å². The first kappa shape index (κ1) is 23.3. The molecule has 0 aliphatic heterocycles. The van der Waals surface area contributed by atoms with Crippen molar-refractivity contribution < 1.29 is 24.2 Å². The molecular formula is C28H32N2O5. The van der Waals surface area contributed by atoms with Crippen LogP contribution in [0.2, 0.25) is 0 Å². The second-order valence-corrected chi connectivity index (χ2v) is 9.68. The second kappa shape index (κ2) is 10.0. The summed E-state index contributed by atoms with van der Waals surface area (Å²) in [6.07, 6.45) is 11.3. The topological polar surface area (TPSA) is 89.8 Å². The van der Waals surface area contributed by atoms with Crippen LogP contribution in [0.3, 0.4) is 0 Å². The van der Waals surface area contributed by atoms with Crippen molar-refractivity contribution in [1.29, 1.82) is 0 Å². The van der Waals surface area contributed by atoms with E-state index in [1.807, 2.05) is 18.2 Å². The van der Waals surface area contributed by atoms with Crippen LogP contribution >= 0.6 is 0 Å². The Labute approximate surface area is 205 Å². The third-order valence-electron chi connectivity index (χ3n) is 7.37. The summed E-state index contributed by atoms with van der Waals surface area (Å²) in [5, 5.41) is 13.3. The lowest BCUT2D eigenvalue weighted by molar-refractivity contribution is 0.0696. The Balaban J connectivity index is 1.47. The molecule has 7 heteroatoms. The molecule has 2 fully saturated rings. The second-order valence-electron chi connectivity index (χ2n) is 9.68. The highest BCUT2D eigenvalue weighted by Crippen LogP contribution is 2.37. The minimum atomic E-state index is -0.979. The predicted molar refractivity (Wildman–Crippen MR) is 135 cm³/mol. The largest absolute Gasteiger partial charge is 0.496 e. The maximum absolute atomic E-state index is 12.5. The van der Waals surface area contributed by atoms with Crippen LogP contribution in [0, 0.1) is 0 Å². The number of methoxy groups -OCH3 is 1. The van der Waals surface area contributed by atoms with E-state index < -0.39 is 12.1 Å². The molecule has 1 amide bonds. The molecule has 0 bridgehead atoms. The van der Waals surface area contributed by atoms with E-state index in [4.69, 9.17) is 9.47 Å². The molecule has 2 aliphatic carbocycles. The van der Waals surface area contributed by atoms with Gasteiger partial charge in [-0.05, 0) is 80.0 Å². The number of fused-ring (bicyclic) bond motifs is 1. The first-order valence-electron chi connectivity index (χ1n) is 12.5. The van der Waals surface area contributed by atoms with Gasteiger partial charge in [0, 0.05) is 35.2 Å². The summed E-state index contributed by atoms with van der Waals surface area (Å²) in [6.45, 7) is 0. The number of nitrogens with one attached hydrogen (secondary N) is 1.